The second kappa shape index (κ2) is 62.4. The number of allylic oxidation sites excluding steroid dienone is 20. The van der Waals surface area contributed by atoms with Gasteiger partial charge in [0.15, 0.2) is 6.10 Å². The van der Waals surface area contributed by atoms with Gasteiger partial charge in [-0.05, 0) is 135 Å². The molecule has 0 heterocycles. The molecule has 426 valence electrons. The van der Waals surface area contributed by atoms with E-state index in [-0.39, 0.29) is 31.1 Å². The van der Waals surface area contributed by atoms with Gasteiger partial charge in [0.2, 0.25) is 0 Å². The van der Waals surface area contributed by atoms with E-state index in [1.807, 2.05) is 0 Å². The highest BCUT2D eigenvalue weighted by molar-refractivity contribution is 5.71. The summed E-state index contributed by atoms with van der Waals surface area (Å²) in [6.45, 7) is 6.47. The van der Waals surface area contributed by atoms with Crippen LogP contribution in [0.15, 0.2) is 122 Å². The quantitative estimate of drug-likeness (QED) is 0.0261. The minimum atomic E-state index is -0.805. The minimum absolute atomic E-state index is 0.0997. The Balaban J connectivity index is 4.44. The molecule has 6 heteroatoms. The van der Waals surface area contributed by atoms with Gasteiger partial charge in [-0.2, -0.15) is 0 Å². The summed E-state index contributed by atoms with van der Waals surface area (Å²) in [5.41, 5.74) is 0. The monoisotopic (exact) mass is 1040 g/mol. The standard InChI is InChI=1S/C69H114O6/c1-4-7-10-13-16-19-22-25-27-29-30-31-32-33-34-35-36-37-38-40-41-44-47-50-53-56-59-62-68(71)74-65-66(64-73-67(70)61-58-55-52-49-46-43-24-21-18-15-12-9-6-3)75-69(72)63-60-57-54-51-48-45-42-39-28-26-23-20-17-14-11-8-5-2/h7,10,16,19,21,24-28,30-31,33-34,36-37,40-41,47,50,66H,4-6,8-9,11-15,17-18,20,22-23,29,32,35,38-39,42-46,48-49,51-65H2,1-3H3/b10-7-,19-16-,24-21-,27-25-,28-26-,31-30-,34-33-,37-36-,41-40-,50-47-. The molecule has 0 saturated heterocycles. The van der Waals surface area contributed by atoms with Crippen LogP contribution < -0.4 is 0 Å². The summed E-state index contributed by atoms with van der Waals surface area (Å²) in [5.74, 6) is -0.956. The smallest absolute Gasteiger partial charge is 0.306 e. The Morgan fingerprint density at radius 3 is 0.867 bits per heavy atom. The van der Waals surface area contributed by atoms with Crippen molar-refractivity contribution in [3.05, 3.63) is 122 Å². The Bertz CT molecular complexity index is 1570. The molecule has 0 aromatic rings. The van der Waals surface area contributed by atoms with Gasteiger partial charge >= 0.3 is 17.9 Å². The van der Waals surface area contributed by atoms with E-state index in [9.17, 15) is 14.4 Å². The van der Waals surface area contributed by atoms with Crippen LogP contribution in [0, 0.1) is 0 Å². The highest BCUT2D eigenvalue weighted by Gasteiger charge is 2.19. The number of hydrogen-bond donors (Lipinski definition) is 0. The maximum atomic E-state index is 12.9. The minimum Gasteiger partial charge on any atom is -0.462 e. The Morgan fingerprint density at radius 2 is 0.520 bits per heavy atom. The molecule has 1 atom stereocenters. The Morgan fingerprint density at radius 1 is 0.280 bits per heavy atom. The summed E-state index contributed by atoms with van der Waals surface area (Å²) in [7, 11) is 0. The van der Waals surface area contributed by atoms with Crippen LogP contribution in [0.5, 0.6) is 0 Å². The van der Waals surface area contributed by atoms with Crippen LogP contribution in [-0.4, -0.2) is 37.2 Å². The van der Waals surface area contributed by atoms with Gasteiger partial charge in [0, 0.05) is 19.3 Å². The summed E-state index contributed by atoms with van der Waals surface area (Å²) in [6, 6.07) is 0. The van der Waals surface area contributed by atoms with E-state index in [0.717, 1.165) is 116 Å². The zero-order chi connectivity index (χ0) is 54.3. The molecule has 0 rings (SSSR count). The van der Waals surface area contributed by atoms with Crippen molar-refractivity contribution in [2.45, 2.75) is 284 Å². The highest BCUT2D eigenvalue weighted by Crippen LogP contribution is 2.14. The van der Waals surface area contributed by atoms with Gasteiger partial charge in [-0.25, -0.2) is 0 Å². The molecule has 0 aliphatic heterocycles. The van der Waals surface area contributed by atoms with Gasteiger partial charge in [0.1, 0.15) is 13.2 Å². The molecule has 0 fully saturated rings. The van der Waals surface area contributed by atoms with Crippen LogP contribution in [0.2, 0.25) is 0 Å². The molecule has 0 aliphatic rings. The zero-order valence-corrected chi connectivity index (χ0v) is 48.8. The highest BCUT2D eigenvalue weighted by atomic mass is 16.6. The Labute approximate surface area is 462 Å². The van der Waals surface area contributed by atoms with Crippen molar-refractivity contribution in [2.75, 3.05) is 13.2 Å². The van der Waals surface area contributed by atoms with E-state index in [1.165, 1.54) is 116 Å². The largest absolute Gasteiger partial charge is 0.462 e. The van der Waals surface area contributed by atoms with Gasteiger partial charge < -0.3 is 14.2 Å². The van der Waals surface area contributed by atoms with Crippen molar-refractivity contribution in [2.24, 2.45) is 0 Å². The molecule has 1 unspecified atom stereocenters. The molecule has 0 N–H and O–H groups in total. The summed E-state index contributed by atoms with van der Waals surface area (Å²) in [6.07, 6.45) is 86.3. The Kier molecular flexibility index (Phi) is 58.9. The molecular formula is C69H114O6. The van der Waals surface area contributed by atoms with Gasteiger partial charge in [-0.15, -0.1) is 0 Å². The number of carbonyl (C=O) groups excluding carboxylic acids is 3. The van der Waals surface area contributed by atoms with Crippen LogP contribution in [0.1, 0.15) is 278 Å². The Hall–Kier alpha value is -4.19. The van der Waals surface area contributed by atoms with Crippen molar-refractivity contribution in [1.82, 2.24) is 0 Å². The van der Waals surface area contributed by atoms with Crippen molar-refractivity contribution < 1.29 is 28.6 Å². The van der Waals surface area contributed by atoms with Gasteiger partial charge in [-0.3, -0.25) is 14.4 Å². The topological polar surface area (TPSA) is 78.9 Å². The van der Waals surface area contributed by atoms with Crippen molar-refractivity contribution in [3.8, 4) is 0 Å². The van der Waals surface area contributed by atoms with Gasteiger partial charge in [0.05, 0.1) is 0 Å². The number of rotatable bonds is 55. The van der Waals surface area contributed by atoms with E-state index in [1.54, 1.807) is 0 Å². The molecule has 0 saturated carbocycles. The predicted octanol–water partition coefficient (Wildman–Crippen LogP) is 21.2. The molecule has 0 aromatic heterocycles. The lowest BCUT2D eigenvalue weighted by Gasteiger charge is -2.18. The summed E-state index contributed by atoms with van der Waals surface area (Å²) in [4.78, 5) is 38.2. The first kappa shape index (κ1) is 70.8. The number of carbonyl (C=O) groups is 3. The molecule has 6 nitrogen and oxygen atoms in total. The van der Waals surface area contributed by atoms with Crippen LogP contribution in [0.25, 0.3) is 0 Å². The molecule has 0 aromatic carbocycles. The number of esters is 3. The lowest BCUT2D eigenvalue weighted by atomic mass is 10.1. The lowest BCUT2D eigenvalue weighted by molar-refractivity contribution is -0.167. The van der Waals surface area contributed by atoms with E-state index in [0.29, 0.717) is 25.7 Å². The molecule has 0 bridgehead atoms. The van der Waals surface area contributed by atoms with Crippen LogP contribution in [0.4, 0.5) is 0 Å². The number of unbranched alkanes of at least 4 members (excludes halogenated alkanes) is 24. The first-order chi connectivity index (χ1) is 37.0. The average Bonchev–Trinajstić information content (AvgIpc) is 3.41. The first-order valence-corrected chi connectivity index (χ1v) is 31.0. The van der Waals surface area contributed by atoms with Crippen LogP contribution in [-0.2, 0) is 28.6 Å². The summed E-state index contributed by atoms with van der Waals surface area (Å²) >= 11 is 0. The third-order valence-corrected chi connectivity index (χ3v) is 12.9. The zero-order valence-electron chi connectivity index (χ0n) is 48.8. The number of hydrogen-bond acceptors (Lipinski definition) is 6. The first-order valence-electron chi connectivity index (χ1n) is 31.0. The molecule has 0 aliphatic carbocycles. The fourth-order valence-corrected chi connectivity index (χ4v) is 8.27. The van der Waals surface area contributed by atoms with E-state index < -0.39 is 6.10 Å². The SMILES string of the molecule is CC/C=C\C/C=C\C/C=C\C/C=C\C/C=C\C/C=C\C/C=C\C/C=C\CCCCC(=O)OCC(COC(=O)CCCCCCC/C=C\CCCCCC)OC(=O)CCCCCCCCC/C=C\CCCCCCCC. The fraction of sp³-hybridized carbons (Fsp3) is 0.667. The van der Waals surface area contributed by atoms with Gasteiger partial charge in [0.25, 0.3) is 0 Å². The molecular weight excluding hydrogens is 925 g/mol. The number of ether oxygens (including phenoxy) is 3. The van der Waals surface area contributed by atoms with Crippen molar-refractivity contribution in [3.63, 3.8) is 0 Å². The maximum Gasteiger partial charge on any atom is 0.306 e. The summed E-state index contributed by atoms with van der Waals surface area (Å²) < 4.78 is 16.8. The van der Waals surface area contributed by atoms with E-state index in [2.05, 4.69) is 142 Å². The molecule has 0 radical (unpaired) electrons. The second-order valence-electron chi connectivity index (χ2n) is 20.2. The second-order valence-corrected chi connectivity index (χ2v) is 20.2. The van der Waals surface area contributed by atoms with Crippen molar-refractivity contribution >= 4 is 17.9 Å². The lowest BCUT2D eigenvalue weighted by Crippen LogP contribution is -2.30. The van der Waals surface area contributed by atoms with E-state index in [4.69, 9.17) is 14.2 Å². The van der Waals surface area contributed by atoms with Crippen molar-refractivity contribution in [1.29, 1.82) is 0 Å². The normalized spacial score (nSPS) is 12.9. The average molecular weight is 1040 g/mol. The molecule has 0 spiro atoms. The van der Waals surface area contributed by atoms with Crippen LogP contribution >= 0.6 is 0 Å². The maximum absolute atomic E-state index is 12.9. The van der Waals surface area contributed by atoms with Crippen LogP contribution in [0.3, 0.4) is 0 Å². The fourth-order valence-electron chi connectivity index (χ4n) is 8.27. The predicted molar refractivity (Wildman–Crippen MR) is 325 cm³/mol. The molecule has 0 amide bonds. The van der Waals surface area contributed by atoms with E-state index >= 15 is 0 Å². The summed E-state index contributed by atoms with van der Waals surface area (Å²) in [5, 5.41) is 0. The van der Waals surface area contributed by atoms with Gasteiger partial charge in [-0.1, -0.05) is 245 Å². The third-order valence-electron chi connectivity index (χ3n) is 12.9. The third kappa shape index (κ3) is 60.6. The molecule has 75 heavy (non-hydrogen) atoms.